The number of carbonyl (C=O) groups is 1. The van der Waals surface area contributed by atoms with Crippen LogP contribution in [0.15, 0.2) is 60.7 Å². The number of benzene rings is 2. The van der Waals surface area contributed by atoms with Gasteiger partial charge < -0.3 is 4.90 Å². The van der Waals surface area contributed by atoms with Crippen molar-refractivity contribution in [1.82, 2.24) is 4.98 Å². The molecule has 0 aliphatic rings. The Morgan fingerprint density at radius 3 is 2.43 bits per heavy atom. The van der Waals surface area contributed by atoms with Crippen molar-refractivity contribution in [2.24, 2.45) is 0 Å². The van der Waals surface area contributed by atoms with Crippen LogP contribution in [-0.4, -0.2) is 17.9 Å². The lowest BCUT2D eigenvalue weighted by Crippen LogP contribution is -2.26. The highest BCUT2D eigenvalue weighted by Crippen LogP contribution is 2.26. The SMILES string of the molecule is Cc1cc(N(C)C(=O)c2ccccc2)c2ccccc2n1. The second kappa shape index (κ2) is 5.37. The third kappa shape index (κ3) is 2.50. The molecule has 0 aliphatic carbocycles. The lowest BCUT2D eigenvalue weighted by Gasteiger charge is -2.20. The van der Waals surface area contributed by atoms with Gasteiger partial charge in [-0.15, -0.1) is 0 Å². The number of carbonyl (C=O) groups excluding carboxylic acids is 1. The van der Waals surface area contributed by atoms with E-state index in [1.54, 1.807) is 11.9 Å². The molecule has 0 radical (unpaired) electrons. The molecule has 0 bridgehead atoms. The van der Waals surface area contributed by atoms with Gasteiger partial charge in [0.1, 0.15) is 0 Å². The Labute approximate surface area is 123 Å². The summed E-state index contributed by atoms with van der Waals surface area (Å²) in [6, 6.07) is 19.1. The third-order valence-corrected chi connectivity index (χ3v) is 3.51. The summed E-state index contributed by atoms with van der Waals surface area (Å²) in [5, 5.41) is 0.981. The molecule has 0 saturated heterocycles. The van der Waals surface area contributed by atoms with Gasteiger partial charge in [0.15, 0.2) is 0 Å². The molecule has 1 heterocycles. The van der Waals surface area contributed by atoms with E-state index in [0.29, 0.717) is 5.56 Å². The maximum Gasteiger partial charge on any atom is 0.258 e. The zero-order valence-electron chi connectivity index (χ0n) is 12.1. The number of hydrogen-bond acceptors (Lipinski definition) is 2. The van der Waals surface area contributed by atoms with Crippen molar-refractivity contribution >= 4 is 22.5 Å². The second-order valence-electron chi connectivity index (χ2n) is 5.03. The number of fused-ring (bicyclic) bond motifs is 1. The topological polar surface area (TPSA) is 33.2 Å². The molecular formula is C18H16N2O. The van der Waals surface area contributed by atoms with Gasteiger partial charge in [0.2, 0.25) is 0 Å². The van der Waals surface area contributed by atoms with E-state index in [9.17, 15) is 4.79 Å². The highest BCUT2D eigenvalue weighted by molar-refractivity contribution is 6.10. The van der Waals surface area contributed by atoms with Gasteiger partial charge >= 0.3 is 0 Å². The summed E-state index contributed by atoms with van der Waals surface area (Å²) in [6.45, 7) is 1.94. The number of anilines is 1. The maximum atomic E-state index is 12.6. The van der Waals surface area contributed by atoms with Crippen LogP contribution >= 0.6 is 0 Å². The summed E-state index contributed by atoms with van der Waals surface area (Å²) in [4.78, 5) is 18.8. The summed E-state index contributed by atoms with van der Waals surface area (Å²) >= 11 is 0. The summed E-state index contributed by atoms with van der Waals surface area (Å²) < 4.78 is 0. The first-order valence-electron chi connectivity index (χ1n) is 6.86. The third-order valence-electron chi connectivity index (χ3n) is 3.51. The molecule has 0 saturated carbocycles. The zero-order chi connectivity index (χ0) is 14.8. The summed E-state index contributed by atoms with van der Waals surface area (Å²) in [5.74, 6) is -0.0219. The minimum absolute atomic E-state index is 0.0219. The van der Waals surface area contributed by atoms with Gasteiger partial charge in [-0.25, -0.2) is 0 Å². The van der Waals surface area contributed by atoms with Crippen molar-refractivity contribution in [3.63, 3.8) is 0 Å². The predicted octanol–water partition coefficient (Wildman–Crippen LogP) is 3.82. The molecule has 21 heavy (non-hydrogen) atoms. The Balaban J connectivity index is 2.10. The van der Waals surface area contributed by atoms with Crippen LogP contribution in [0.3, 0.4) is 0 Å². The minimum Gasteiger partial charge on any atom is -0.311 e. The van der Waals surface area contributed by atoms with Crippen molar-refractivity contribution < 1.29 is 4.79 Å². The molecule has 3 heteroatoms. The summed E-state index contributed by atoms with van der Waals surface area (Å²) in [7, 11) is 1.80. The number of rotatable bonds is 2. The summed E-state index contributed by atoms with van der Waals surface area (Å²) in [6.07, 6.45) is 0. The van der Waals surface area contributed by atoms with Crippen LogP contribution in [0.5, 0.6) is 0 Å². The van der Waals surface area contributed by atoms with Crippen molar-refractivity contribution in [1.29, 1.82) is 0 Å². The van der Waals surface area contributed by atoms with Crippen molar-refractivity contribution in [3.8, 4) is 0 Å². The molecule has 0 N–H and O–H groups in total. The fraction of sp³-hybridized carbons (Fsp3) is 0.111. The normalized spacial score (nSPS) is 10.6. The van der Waals surface area contributed by atoms with E-state index in [2.05, 4.69) is 4.98 Å². The molecule has 104 valence electrons. The van der Waals surface area contributed by atoms with Gasteiger partial charge in [-0.05, 0) is 31.2 Å². The monoisotopic (exact) mass is 276 g/mol. The molecule has 3 rings (SSSR count). The standard InChI is InChI=1S/C18H16N2O/c1-13-12-17(15-10-6-7-11-16(15)19-13)20(2)18(21)14-8-4-3-5-9-14/h3-12H,1-2H3. The van der Waals surface area contributed by atoms with E-state index in [-0.39, 0.29) is 5.91 Å². The molecule has 0 spiro atoms. The Morgan fingerprint density at radius 2 is 1.67 bits per heavy atom. The van der Waals surface area contributed by atoms with Crippen LogP contribution in [-0.2, 0) is 0 Å². The van der Waals surface area contributed by atoms with Crippen LogP contribution in [0.2, 0.25) is 0 Å². The van der Waals surface area contributed by atoms with Crippen molar-refractivity contribution in [3.05, 3.63) is 71.9 Å². The molecule has 1 amide bonds. The van der Waals surface area contributed by atoms with Gasteiger partial charge in [0.25, 0.3) is 5.91 Å². The Morgan fingerprint density at radius 1 is 1.00 bits per heavy atom. The highest BCUT2D eigenvalue weighted by atomic mass is 16.2. The van der Waals surface area contributed by atoms with Gasteiger partial charge in [0, 0.05) is 23.7 Å². The molecular weight excluding hydrogens is 260 g/mol. The molecule has 2 aromatic carbocycles. The number of aryl methyl sites for hydroxylation is 1. The van der Waals surface area contributed by atoms with E-state index < -0.39 is 0 Å². The highest BCUT2D eigenvalue weighted by Gasteiger charge is 2.16. The van der Waals surface area contributed by atoms with Gasteiger partial charge in [-0.1, -0.05) is 36.4 Å². The largest absolute Gasteiger partial charge is 0.311 e. The van der Waals surface area contributed by atoms with E-state index in [1.807, 2.05) is 67.6 Å². The zero-order valence-corrected chi connectivity index (χ0v) is 12.1. The molecule has 1 aromatic heterocycles. The number of hydrogen-bond donors (Lipinski definition) is 0. The van der Waals surface area contributed by atoms with E-state index in [1.165, 1.54) is 0 Å². The first-order chi connectivity index (χ1) is 10.2. The lowest BCUT2D eigenvalue weighted by atomic mass is 10.1. The predicted molar refractivity (Wildman–Crippen MR) is 85.7 cm³/mol. The maximum absolute atomic E-state index is 12.6. The Hall–Kier alpha value is -2.68. The average molecular weight is 276 g/mol. The number of nitrogens with zero attached hydrogens (tertiary/aromatic N) is 2. The first-order valence-corrected chi connectivity index (χ1v) is 6.86. The Kier molecular flexibility index (Phi) is 3.40. The summed E-state index contributed by atoms with van der Waals surface area (Å²) in [5.41, 5.74) is 3.36. The number of para-hydroxylation sites is 1. The van der Waals surface area contributed by atoms with Gasteiger partial charge in [-0.3, -0.25) is 9.78 Å². The molecule has 0 atom stereocenters. The molecule has 3 nitrogen and oxygen atoms in total. The minimum atomic E-state index is -0.0219. The first kappa shape index (κ1) is 13.3. The molecule has 0 unspecified atom stereocenters. The van der Waals surface area contributed by atoms with Crippen LogP contribution in [0.1, 0.15) is 16.1 Å². The van der Waals surface area contributed by atoms with Crippen molar-refractivity contribution in [2.45, 2.75) is 6.92 Å². The van der Waals surface area contributed by atoms with Crippen LogP contribution in [0, 0.1) is 6.92 Å². The van der Waals surface area contributed by atoms with Gasteiger partial charge in [-0.2, -0.15) is 0 Å². The van der Waals surface area contributed by atoms with E-state index in [4.69, 9.17) is 0 Å². The number of amides is 1. The van der Waals surface area contributed by atoms with Gasteiger partial charge in [0.05, 0.1) is 11.2 Å². The van der Waals surface area contributed by atoms with Crippen LogP contribution in [0.25, 0.3) is 10.9 Å². The molecule has 3 aromatic rings. The van der Waals surface area contributed by atoms with Crippen molar-refractivity contribution in [2.75, 3.05) is 11.9 Å². The fourth-order valence-corrected chi connectivity index (χ4v) is 2.45. The smallest absolute Gasteiger partial charge is 0.258 e. The average Bonchev–Trinajstić information content (AvgIpc) is 2.53. The lowest BCUT2D eigenvalue weighted by molar-refractivity contribution is 0.0993. The van der Waals surface area contributed by atoms with E-state index in [0.717, 1.165) is 22.3 Å². The quantitative estimate of drug-likeness (QED) is 0.713. The Bertz CT molecular complexity index is 797. The molecule has 0 aliphatic heterocycles. The van der Waals surface area contributed by atoms with Crippen LogP contribution in [0.4, 0.5) is 5.69 Å². The fourth-order valence-electron chi connectivity index (χ4n) is 2.45. The van der Waals surface area contributed by atoms with Crippen LogP contribution < -0.4 is 4.90 Å². The number of aromatic nitrogens is 1. The second-order valence-corrected chi connectivity index (χ2v) is 5.03. The van der Waals surface area contributed by atoms with E-state index >= 15 is 0 Å². The molecule has 0 fully saturated rings. The number of pyridine rings is 1.